The number of rotatable bonds is 4. The van der Waals surface area contributed by atoms with Gasteiger partial charge in [-0.25, -0.2) is 14.8 Å². The summed E-state index contributed by atoms with van der Waals surface area (Å²) in [4.78, 5) is 19.8. The van der Waals surface area contributed by atoms with Crippen LogP contribution in [-0.2, 0) is 18.3 Å². The lowest BCUT2D eigenvalue weighted by Crippen LogP contribution is -2.11. The zero-order chi connectivity index (χ0) is 13.0. The van der Waals surface area contributed by atoms with Gasteiger partial charge in [-0.15, -0.1) is 0 Å². The van der Waals surface area contributed by atoms with Crippen molar-refractivity contribution in [3.8, 4) is 0 Å². The molecule has 0 aliphatic carbocycles. The van der Waals surface area contributed by atoms with E-state index in [1.807, 2.05) is 17.8 Å². The minimum Gasteiger partial charge on any atom is -0.465 e. The lowest BCUT2D eigenvalue weighted by molar-refractivity contribution is 0.0601. The third-order valence-corrected chi connectivity index (χ3v) is 2.55. The number of hydrogen-bond donors (Lipinski definition) is 1. The largest absolute Gasteiger partial charge is 0.465 e. The van der Waals surface area contributed by atoms with Gasteiger partial charge in [0.15, 0.2) is 0 Å². The number of imidazole rings is 1. The molecule has 2 rings (SSSR count). The minimum atomic E-state index is -0.412. The molecule has 0 aliphatic heterocycles. The van der Waals surface area contributed by atoms with E-state index >= 15 is 0 Å². The number of carbonyl (C=O) groups excluding carboxylic acids is 1. The van der Waals surface area contributed by atoms with Crippen molar-refractivity contribution >= 4 is 11.8 Å². The van der Waals surface area contributed by atoms with Crippen LogP contribution in [-0.4, -0.2) is 27.6 Å². The average molecular weight is 246 g/mol. The molecular weight excluding hydrogens is 232 g/mol. The van der Waals surface area contributed by atoms with Crippen LogP contribution in [0.15, 0.2) is 30.7 Å². The van der Waals surface area contributed by atoms with Gasteiger partial charge in [0.05, 0.1) is 13.7 Å². The molecule has 0 unspecified atom stereocenters. The summed E-state index contributed by atoms with van der Waals surface area (Å²) in [6, 6.07) is 3.36. The summed E-state index contributed by atoms with van der Waals surface area (Å²) in [6.07, 6.45) is 5.19. The molecule has 0 aliphatic rings. The molecule has 0 saturated carbocycles. The van der Waals surface area contributed by atoms with Crippen molar-refractivity contribution in [2.45, 2.75) is 6.54 Å². The molecule has 0 fully saturated rings. The maximum atomic E-state index is 11.5. The first-order valence-electron chi connectivity index (χ1n) is 5.45. The fourth-order valence-electron chi connectivity index (χ4n) is 1.55. The first-order chi connectivity index (χ1) is 8.72. The highest BCUT2D eigenvalue weighted by Gasteiger charge is 2.12. The van der Waals surface area contributed by atoms with Crippen LogP contribution in [0.2, 0.25) is 0 Å². The third-order valence-electron chi connectivity index (χ3n) is 2.55. The predicted octanol–water partition coefficient (Wildman–Crippen LogP) is 1.21. The van der Waals surface area contributed by atoms with Crippen LogP contribution in [0.25, 0.3) is 0 Å². The molecule has 2 heterocycles. The Kier molecular flexibility index (Phi) is 3.57. The van der Waals surface area contributed by atoms with Crippen LogP contribution < -0.4 is 5.32 Å². The van der Waals surface area contributed by atoms with E-state index in [0.29, 0.717) is 17.9 Å². The number of esters is 1. The molecule has 94 valence electrons. The van der Waals surface area contributed by atoms with Gasteiger partial charge in [-0.3, -0.25) is 0 Å². The Bertz CT molecular complexity index is 551. The summed E-state index contributed by atoms with van der Waals surface area (Å²) in [5.41, 5.74) is 0.411. The Balaban J connectivity index is 2.14. The summed E-state index contributed by atoms with van der Waals surface area (Å²) in [6.45, 7) is 0.491. The molecule has 6 nitrogen and oxygen atoms in total. The molecule has 0 aromatic carbocycles. The number of methoxy groups -OCH3 is 1. The molecule has 1 N–H and O–H groups in total. The number of pyridine rings is 1. The number of carbonyl (C=O) groups is 1. The van der Waals surface area contributed by atoms with Crippen molar-refractivity contribution in [2.24, 2.45) is 7.05 Å². The summed E-state index contributed by atoms with van der Waals surface area (Å²) in [7, 11) is 3.25. The van der Waals surface area contributed by atoms with Crippen molar-refractivity contribution in [3.63, 3.8) is 0 Å². The Morgan fingerprint density at radius 1 is 1.44 bits per heavy atom. The summed E-state index contributed by atoms with van der Waals surface area (Å²) in [5, 5.41) is 3.08. The van der Waals surface area contributed by atoms with Gasteiger partial charge in [-0.2, -0.15) is 0 Å². The van der Waals surface area contributed by atoms with Gasteiger partial charge in [0.2, 0.25) is 0 Å². The smallest absolute Gasteiger partial charge is 0.341 e. The van der Waals surface area contributed by atoms with Gasteiger partial charge in [0.25, 0.3) is 0 Å². The molecule has 0 bridgehead atoms. The van der Waals surface area contributed by atoms with Crippen molar-refractivity contribution in [3.05, 3.63) is 42.1 Å². The van der Waals surface area contributed by atoms with E-state index in [1.165, 1.54) is 7.11 Å². The van der Waals surface area contributed by atoms with E-state index in [2.05, 4.69) is 15.3 Å². The van der Waals surface area contributed by atoms with E-state index in [-0.39, 0.29) is 0 Å². The molecule has 2 aromatic rings. The van der Waals surface area contributed by atoms with Crippen LogP contribution in [0, 0.1) is 0 Å². The van der Waals surface area contributed by atoms with Crippen LogP contribution in [0.4, 0.5) is 5.82 Å². The normalized spacial score (nSPS) is 10.1. The Morgan fingerprint density at radius 2 is 2.28 bits per heavy atom. The molecule has 0 saturated heterocycles. The van der Waals surface area contributed by atoms with E-state index in [1.54, 1.807) is 24.5 Å². The SMILES string of the molecule is COC(=O)c1cccnc1NCc1nccn1C. The monoisotopic (exact) mass is 246 g/mol. The van der Waals surface area contributed by atoms with Crippen molar-refractivity contribution in [1.29, 1.82) is 0 Å². The number of anilines is 1. The second-order valence-electron chi connectivity index (χ2n) is 3.70. The summed E-state index contributed by atoms with van der Waals surface area (Å²) in [5.74, 6) is 0.939. The van der Waals surface area contributed by atoms with Crippen LogP contribution in [0.5, 0.6) is 0 Å². The standard InChI is InChI=1S/C12H14N4O2/c1-16-7-6-13-10(16)8-15-11-9(12(17)18-2)4-3-5-14-11/h3-7H,8H2,1-2H3,(H,14,15). The number of hydrogen-bond acceptors (Lipinski definition) is 5. The minimum absolute atomic E-state index is 0.411. The topological polar surface area (TPSA) is 69.0 Å². The molecule has 0 atom stereocenters. The van der Waals surface area contributed by atoms with E-state index < -0.39 is 5.97 Å². The number of nitrogens with one attached hydrogen (secondary N) is 1. The van der Waals surface area contributed by atoms with E-state index in [0.717, 1.165) is 5.82 Å². The number of aryl methyl sites for hydroxylation is 1. The lowest BCUT2D eigenvalue weighted by atomic mass is 10.2. The van der Waals surface area contributed by atoms with Gasteiger partial charge in [-0.05, 0) is 12.1 Å². The quantitative estimate of drug-likeness (QED) is 0.821. The fourth-order valence-corrected chi connectivity index (χ4v) is 1.55. The molecule has 0 radical (unpaired) electrons. The van der Waals surface area contributed by atoms with Crippen molar-refractivity contribution in [1.82, 2.24) is 14.5 Å². The highest BCUT2D eigenvalue weighted by molar-refractivity contribution is 5.94. The lowest BCUT2D eigenvalue weighted by Gasteiger charge is -2.09. The van der Waals surface area contributed by atoms with Crippen LogP contribution in [0.1, 0.15) is 16.2 Å². The zero-order valence-electron chi connectivity index (χ0n) is 10.3. The number of ether oxygens (including phenoxy) is 1. The van der Waals surface area contributed by atoms with Crippen LogP contribution in [0.3, 0.4) is 0 Å². The average Bonchev–Trinajstić information content (AvgIpc) is 2.81. The highest BCUT2D eigenvalue weighted by Crippen LogP contribution is 2.13. The summed E-state index contributed by atoms with van der Waals surface area (Å²) < 4.78 is 6.59. The fraction of sp³-hybridized carbons (Fsp3) is 0.250. The van der Waals surface area contributed by atoms with E-state index in [9.17, 15) is 4.79 Å². The van der Waals surface area contributed by atoms with E-state index in [4.69, 9.17) is 4.74 Å². The maximum Gasteiger partial charge on any atom is 0.341 e. The van der Waals surface area contributed by atoms with Gasteiger partial charge in [0, 0.05) is 25.6 Å². The number of aromatic nitrogens is 3. The van der Waals surface area contributed by atoms with Gasteiger partial charge in [0.1, 0.15) is 17.2 Å². The Hall–Kier alpha value is -2.37. The Labute approximate surface area is 105 Å². The van der Waals surface area contributed by atoms with Crippen LogP contribution >= 0.6 is 0 Å². The third kappa shape index (κ3) is 2.48. The van der Waals surface area contributed by atoms with Crippen molar-refractivity contribution < 1.29 is 9.53 Å². The molecule has 0 amide bonds. The Morgan fingerprint density at radius 3 is 2.94 bits per heavy atom. The second kappa shape index (κ2) is 5.31. The number of nitrogens with zero attached hydrogens (tertiary/aromatic N) is 3. The summed E-state index contributed by atoms with van der Waals surface area (Å²) >= 11 is 0. The second-order valence-corrected chi connectivity index (χ2v) is 3.70. The zero-order valence-corrected chi connectivity index (χ0v) is 10.3. The first kappa shape index (κ1) is 12.1. The maximum absolute atomic E-state index is 11.5. The van der Waals surface area contributed by atoms with Gasteiger partial charge >= 0.3 is 5.97 Å². The molecule has 2 aromatic heterocycles. The van der Waals surface area contributed by atoms with Gasteiger partial charge < -0.3 is 14.6 Å². The predicted molar refractivity (Wildman–Crippen MR) is 66.1 cm³/mol. The molecule has 0 spiro atoms. The van der Waals surface area contributed by atoms with Gasteiger partial charge in [-0.1, -0.05) is 0 Å². The first-order valence-corrected chi connectivity index (χ1v) is 5.45. The molecular formula is C12H14N4O2. The highest BCUT2D eigenvalue weighted by atomic mass is 16.5. The van der Waals surface area contributed by atoms with Crippen molar-refractivity contribution in [2.75, 3.05) is 12.4 Å². The molecule has 18 heavy (non-hydrogen) atoms. The molecule has 6 heteroatoms.